The van der Waals surface area contributed by atoms with Gasteiger partial charge < -0.3 is 9.47 Å². The standard InChI is InChI=1S/C16H21N3O3S/c1-16(2,3)9-13-18-19-15(23-13)17-14(20)10-6-11(21-4)8-12(7-10)22-5/h6-8H,9H2,1-5H3,(H,17,19,20). The van der Waals surface area contributed by atoms with E-state index in [4.69, 9.17) is 9.47 Å². The highest BCUT2D eigenvalue weighted by Crippen LogP contribution is 2.26. The third-order valence-electron chi connectivity index (χ3n) is 2.98. The van der Waals surface area contributed by atoms with Crippen molar-refractivity contribution in [1.29, 1.82) is 0 Å². The maximum absolute atomic E-state index is 12.4. The zero-order chi connectivity index (χ0) is 17.0. The Bertz CT molecular complexity index is 670. The van der Waals surface area contributed by atoms with Crippen LogP contribution in [0.2, 0.25) is 0 Å². The van der Waals surface area contributed by atoms with Crippen molar-refractivity contribution in [2.75, 3.05) is 19.5 Å². The molecule has 0 unspecified atom stereocenters. The molecule has 0 spiro atoms. The molecule has 2 aromatic rings. The molecule has 0 aliphatic rings. The van der Waals surface area contributed by atoms with E-state index in [1.165, 1.54) is 11.3 Å². The molecule has 1 amide bonds. The highest BCUT2D eigenvalue weighted by atomic mass is 32.1. The summed E-state index contributed by atoms with van der Waals surface area (Å²) < 4.78 is 10.3. The second-order valence-electron chi connectivity index (χ2n) is 6.29. The quantitative estimate of drug-likeness (QED) is 0.906. The number of ether oxygens (including phenoxy) is 2. The Kier molecular flexibility index (Phi) is 5.20. The third kappa shape index (κ3) is 4.92. The van der Waals surface area contributed by atoms with E-state index in [-0.39, 0.29) is 11.3 Å². The fourth-order valence-corrected chi connectivity index (χ4v) is 2.97. The third-order valence-corrected chi connectivity index (χ3v) is 3.82. The number of benzene rings is 1. The van der Waals surface area contributed by atoms with Crippen LogP contribution in [0.15, 0.2) is 18.2 Å². The molecule has 0 saturated heterocycles. The molecule has 1 aromatic heterocycles. The van der Waals surface area contributed by atoms with E-state index in [2.05, 4.69) is 36.3 Å². The predicted octanol–water partition coefficient (Wildman–Crippen LogP) is 3.40. The number of methoxy groups -OCH3 is 2. The van der Waals surface area contributed by atoms with E-state index in [0.29, 0.717) is 22.2 Å². The normalized spacial score (nSPS) is 11.2. The highest BCUT2D eigenvalue weighted by Gasteiger charge is 2.17. The summed E-state index contributed by atoms with van der Waals surface area (Å²) in [6, 6.07) is 5.01. The number of amides is 1. The number of hydrogen-bond acceptors (Lipinski definition) is 6. The zero-order valence-electron chi connectivity index (χ0n) is 14.0. The topological polar surface area (TPSA) is 73.3 Å². The van der Waals surface area contributed by atoms with Crippen molar-refractivity contribution in [2.24, 2.45) is 5.41 Å². The fourth-order valence-electron chi connectivity index (χ4n) is 1.94. The van der Waals surface area contributed by atoms with Gasteiger partial charge in [0.05, 0.1) is 14.2 Å². The lowest BCUT2D eigenvalue weighted by Crippen LogP contribution is -2.12. The summed E-state index contributed by atoms with van der Waals surface area (Å²) in [5, 5.41) is 12.3. The molecule has 23 heavy (non-hydrogen) atoms. The first kappa shape index (κ1) is 17.2. The first-order valence-corrected chi connectivity index (χ1v) is 7.99. The first-order chi connectivity index (χ1) is 10.8. The van der Waals surface area contributed by atoms with E-state index in [1.807, 2.05) is 0 Å². The van der Waals surface area contributed by atoms with Gasteiger partial charge in [-0.15, -0.1) is 10.2 Å². The van der Waals surface area contributed by atoms with E-state index >= 15 is 0 Å². The number of rotatable bonds is 5. The SMILES string of the molecule is COc1cc(OC)cc(C(=O)Nc2nnc(CC(C)(C)C)s2)c1. The van der Waals surface area contributed by atoms with Gasteiger partial charge in [-0.25, -0.2) is 0 Å². The second-order valence-corrected chi connectivity index (χ2v) is 7.36. The lowest BCUT2D eigenvalue weighted by molar-refractivity contribution is 0.102. The molecule has 0 radical (unpaired) electrons. The summed E-state index contributed by atoms with van der Waals surface area (Å²) in [6.45, 7) is 6.40. The van der Waals surface area contributed by atoms with Gasteiger partial charge in [0.1, 0.15) is 16.5 Å². The minimum absolute atomic E-state index is 0.126. The monoisotopic (exact) mass is 335 g/mol. The predicted molar refractivity (Wildman–Crippen MR) is 90.6 cm³/mol. The van der Waals surface area contributed by atoms with Crippen molar-refractivity contribution >= 4 is 22.4 Å². The van der Waals surface area contributed by atoms with Gasteiger partial charge in [0.2, 0.25) is 5.13 Å². The average molecular weight is 335 g/mol. The van der Waals surface area contributed by atoms with Gasteiger partial charge in [-0.05, 0) is 17.5 Å². The van der Waals surface area contributed by atoms with E-state index in [0.717, 1.165) is 11.4 Å². The van der Waals surface area contributed by atoms with Gasteiger partial charge in [-0.3, -0.25) is 10.1 Å². The van der Waals surface area contributed by atoms with Crippen molar-refractivity contribution in [3.8, 4) is 11.5 Å². The molecule has 1 aromatic carbocycles. The van der Waals surface area contributed by atoms with Gasteiger partial charge in [-0.2, -0.15) is 0 Å². The molecule has 0 aliphatic heterocycles. The van der Waals surface area contributed by atoms with Crippen LogP contribution in [0.25, 0.3) is 0 Å². The van der Waals surface area contributed by atoms with Crippen molar-refractivity contribution in [3.05, 3.63) is 28.8 Å². The first-order valence-electron chi connectivity index (χ1n) is 7.17. The van der Waals surface area contributed by atoms with Crippen LogP contribution in [-0.4, -0.2) is 30.3 Å². The Morgan fingerprint density at radius 2 is 1.74 bits per heavy atom. The summed E-state index contributed by atoms with van der Waals surface area (Å²) in [5.74, 6) is 0.834. The van der Waals surface area contributed by atoms with Crippen LogP contribution in [0.1, 0.15) is 36.1 Å². The smallest absolute Gasteiger partial charge is 0.257 e. The second kappa shape index (κ2) is 6.95. The Hall–Kier alpha value is -2.15. The molecule has 1 N–H and O–H groups in total. The van der Waals surface area contributed by atoms with Gasteiger partial charge in [0.25, 0.3) is 5.91 Å². The van der Waals surface area contributed by atoms with Crippen LogP contribution in [0.4, 0.5) is 5.13 Å². The molecule has 0 fully saturated rings. The van der Waals surface area contributed by atoms with Crippen molar-refractivity contribution in [2.45, 2.75) is 27.2 Å². The number of aromatic nitrogens is 2. The van der Waals surface area contributed by atoms with Crippen LogP contribution in [0, 0.1) is 5.41 Å². The molecular weight excluding hydrogens is 314 g/mol. The van der Waals surface area contributed by atoms with Crippen LogP contribution >= 0.6 is 11.3 Å². The Morgan fingerprint density at radius 3 is 2.26 bits per heavy atom. The van der Waals surface area contributed by atoms with Gasteiger partial charge in [0.15, 0.2) is 0 Å². The highest BCUT2D eigenvalue weighted by molar-refractivity contribution is 7.15. The lowest BCUT2D eigenvalue weighted by Gasteiger charge is -2.14. The molecule has 2 rings (SSSR count). The van der Waals surface area contributed by atoms with Crippen LogP contribution < -0.4 is 14.8 Å². The molecule has 0 aliphatic carbocycles. The maximum atomic E-state index is 12.4. The van der Waals surface area contributed by atoms with Gasteiger partial charge in [0, 0.05) is 18.1 Å². The molecule has 124 valence electrons. The Morgan fingerprint density at radius 1 is 1.13 bits per heavy atom. The number of hydrogen-bond donors (Lipinski definition) is 1. The van der Waals surface area contributed by atoms with E-state index < -0.39 is 0 Å². The Labute approximate surface area is 139 Å². The van der Waals surface area contributed by atoms with Crippen molar-refractivity contribution < 1.29 is 14.3 Å². The van der Waals surface area contributed by atoms with Crippen LogP contribution in [-0.2, 0) is 6.42 Å². The average Bonchev–Trinajstić information content (AvgIpc) is 2.91. The molecule has 0 bridgehead atoms. The number of anilines is 1. The number of nitrogens with one attached hydrogen (secondary N) is 1. The van der Waals surface area contributed by atoms with Crippen molar-refractivity contribution in [1.82, 2.24) is 10.2 Å². The van der Waals surface area contributed by atoms with Gasteiger partial charge in [-0.1, -0.05) is 32.1 Å². The van der Waals surface area contributed by atoms with Crippen LogP contribution in [0.5, 0.6) is 11.5 Å². The summed E-state index contributed by atoms with van der Waals surface area (Å²) in [5.41, 5.74) is 0.565. The number of nitrogens with zero attached hydrogens (tertiary/aromatic N) is 2. The summed E-state index contributed by atoms with van der Waals surface area (Å²) in [4.78, 5) is 12.4. The molecule has 0 atom stereocenters. The van der Waals surface area contributed by atoms with Crippen molar-refractivity contribution in [3.63, 3.8) is 0 Å². The van der Waals surface area contributed by atoms with Crippen LogP contribution in [0.3, 0.4) is 0 Å². The fraction of sp³-hybridized carbons (Fsp3) is 0.438. The summed E-state index contributed by atoms with van der Waals surface area (Å²) in [7, 11) is 3.08. The number of carbonyl (C=O) groups is 1. The van der Waals surface area contributed by atoms with E-state index in [9.17, 15) is 4.79 Å². The molecule has 0 saturated carbocycles. The summed E-state index contributed by atoms with van der Waals surface area (Å²) >= 11 is 1.39. The molecular formula is C16H21N3O3S. The molecule has 6 nitrogen and oxygen atoms in total. The van der Waals surface area contributed by atoms with Gasteiger partial charge >= 0.3 is 0 Å². The minimum atomic E-state index is -0.277. The minimum Gasteiger partial charge on any atom is -0.497 e. The molecule has 7 heteroatoms. The maximum Gasteiger partial charge on any atom is 0.257 e. The Balaban J connectivity index is 2.13. The zero-order valence-corrected chi connectivity index (χ0v) is 14.8. The summed E-state index contributed by atoms with van der Waals surface area (Å²) in [6.07, 6.45) is 0.813. The van der Waals surface area contributed by atoms with E-state index in [1.54, 1.807) is 32.4 Å². The number of carbonyl (C=O) groups excluding carboxylic acids is 1. The molecule has 1 heterocycles. The largest absolute Gasteiger partial charge is 0.497 e. The lowest BCUT2D eigenvalue weighted by atomic mass is 9.93.